The van der Waals surface area contributed by atoms with Crippen LogP contribution in [0.1, 0.15) is 39.9 Å². The summed E-state index contributed by atoms with van der Waals surface area (Å²) in [5.74, 6) is 0.891. The van der Waals surface area contributed by atoms with Crippen LogP contribution in [0.25, 0.3) is 11.0 Å². The molecular formula is C18H26N2O3. The topological polar surface area (TPSA) is 63.5 Å². The van der Waals surface area contributed by atoms with Gasteiger partial charge in [-0.15, -0.1) is 0 Å². The third-order valence-electron chi connectivity index (χ3n) is 3.43. The van der Waals surface area contributed by atoms with E-state index in [0.717, 1.165) is 23.2 Å². The molecule has 5 nitrogen and oxygen atoms in total. The summed E-state index contributed by atoms with van der Waals surface area (Å²) < 4.78 is 11.0. The highest BCUT2D eigenvalue weighted by atomic mass is 16.6. The van der Waals surface area contributed by atoms with Crippen LogP contribution in [0.2, 0.25) is 0 Å². The standard InChI is InChI=1S/C18H26N2O3/c1-5-14(11-20-17(21)23-18(2,3)4)19-12-15-10-13-8-6-7-9-16(13)22-15/h6-10,14,19H,5,11-12H2,1-4H3,(H,20,21). The van der Waals surface area contributed by atoms with Gasteiger partial charge in [-0.1, -0.05) is 25.1 Å². The monoisotopic (exact) mass is 318 g/mol. The predicted octanol–water partition coefficient (Wildman–Crippen LogP) is 3.83. The normalized spacial score (nSPS) is 13.0. The molecule has 2 N–H and O–H groups in total. The van der Waals surface area contributed by atoms with Crippen molar-refractivity contribution >= 4 is 17.1 Å². The van der Waals surface area contributed by atoms with Crippen LogP contribution in [0, 0.1) is 0 Å². The molecule has 126 valence electrons. The number of amides is 1. The molecule has 0 spiro atoms. The van der Waals surface area contributed by atoms with Crippen LogP contribution >= 0.6 is 0 Å². The first-order valence-corrected chi connectivity index (χ1v) is 8.05. The molecule has 1 aromatic carbocycles. The quantitative estimate of drug-likeness (QED) is 0.850. The van der Waals surface area contributed by atoms with Gasteiger partial charge >= 0.3 is 6.09 Å². The molecule has 0 radical (unpaired) electrons. The van der Waals surface area contributed by atoms with Gasteiger partial charge in [0.2, 0.25) is 0 Å². The first kappa shape index (κ1) is 17.3. The molecule has 0 aliphatic heterocycles. The minimum Gasteiger partial charge on any atom is -0.460 e. The second-order valence-electron chi connectivity index (χ2n) is 6.62. The van der Waals surface area contributed by atoms with Gasteiger partial charge in [0.15, 0.2) is 0 Å². The molecule has 2 aromatic rings. The molecule has 0 saturated heterocycles. The number of nitrogens with one attached hydrogen (secondary N) is 2. The zero-order valence-corrected chi connectivity index (χ0v) is 14.3. The van der Waals surface area contributed by atoms with E-state index in [0.29, 0.717) is 13.1 Å². The number of furan rings is 1. The largest absolute Gasteiger partial charge is 0.460 e. The minimum atomic E-state index is -0.479. The summed E-state index contributed by atoms with van der Waals surface area (Å²) in [4.78, 5) is 11.7. The van der Waals surface area contributed by atoms with Crippen molar-refractivity contribution in [3.05, 3.63) is 36.1 Å². The van der Waals surface area contributed by atoms with Crippen molar-refractivity contribution in [2.45, 2.75) is 52.3 Å². The van der Waals surface area contributed by atoms with Crippen molar-refractivity contribution in [2.75, 3.05) is 6.54 Å². The van der Waals surface area contributed by atoms with Gasteiger partial charge in [0.25, 0.3) is 0 Å². The fourth-order valence-corrected chi connectivity index (χ4v) is 2.25. The van der Waals surface area contributed by atoms with Gasteiger partial charge in [-0.05, 0) is 39.3 Å². The van der Waals surface area contributed by atoms with Crippen molar-refractivity contribution in [3.63, 3.8) is 0 Å². The molecule has 1 unspecified atom stereocenters. The van der Waals surface area contributed by atoms with E-state index in [1.165, 1.54) is 0 Å². The van der Waals surface area contributed by atoms with E-state index in [9.17, 15) is 4.79 Å². The Balaban J connectivity index is 1.81. The SMILES string of the molecule is CCC(CNC(=O)OC(C)(C)C)NCc1cc2ccccc2o1. The Kier molecular flexibility index (Phi) is 5.66. The molecule has 1 amide bonds. The highest BCUT2D eigenvalue weighted by Crippen LogP contribution is 2.18. The zero-order chi connectivity index (χ0) is 16.9. The summed E-state index contributed by atoms with van der Waals surface area (Å²) in [5.41, 5.74) is 0.414. The highest BCUT2D eigenvalue weighted by molar-refractivity contribution is 5.77. The highest BCUT2D eigenvalue weighted by Gasteiger charge is 2.17. The van der Waals surface area contributed by atoms with E-state index in [-0.39, 0.29) is 12.1 Å². The van der Waals surface area contributed by atoms with Crippen LogP contribution in [0.4, 0.5) is 4.79 Å². The Morgan fingerprint density at radius 1 is 1.30 bits per heavy atom. The molecule has 1 aromatic heterocycles. The second kappa shape index (κ2) is 7.51. The second-order valence-corrected chi connectivity index (χ2v) is 6.62. The number of para-hydroxylation sites is 1. The number of carbonyl (C=O) groups excluding carboxylic acids is 1. The van der Waals surface area contributed by atoms with Gasteiger partial charge in [0, 0.05) is 18.0 Å². The van der Waals surface area contributed by atoms with E-state index >= 15 is 0 Å². The van der Waals surface area contributed by atoms with Gasteiger partial charge in [-0.25, -0.2) is 4.79 Å². The zero-order valence-electron chi connectivity index (χ0n) is 14.3. The summed E-state index contributed by atoms with van der Waals surface area (Å²) in [6.07, 6.45) is 0.511. The van der Waals surface area contributed by atoms with Crippen LogP contribution in [-0.2, 0) is 11.3 Å². The average Bonchev–Trinajstić information content (AvgIpc) is 2.88. The average molecular weight is 318 g/mol. The van der Waals surface area contributed by atoms with E-state index in [1.807, 2.05) is 51.1 Å². The molecular weight excluding hydrogens is 292 g/mol. The Hall–Kier alpha value is -2.01. The van der Waals surface area contributed by atoms with Crippen molar-refractivity contribution < 1.29 is 13.9 Å². The molecule has 1 atom stereocenters. The van der Waals surface area contributed by atoms with E-state index in [2.05, 4.69) is 17.6 Å². The lowest BCUT2D eigenvalue weighted by Gasteiger charge is -2.22. The molecule has 0 saturated carbocycles. The molecule has 1 heterocycles. The molecule has 0 aliphatic carbocycles. The lowest BCUT2D eigenvalue weighted by Crippen LogP contribution is -2.42. The van der Waals surface area contributed by atoms with Crippen LogP contribution in [0.15, 0.2) is 34.7 Å². The van der Waals surface area contributed by atoms with Gasteiger partial charge in [0.1, 0.15) is 16.9 Å². The molecule has 23 heavy (non-hydrogen) atoms. The van der Waals surface area contributed by atoms with E-state index in [4.69, 9.17) is 9.15 Å². The Morgan fingerprint density at radius 2 is 2.04 bits per heavy atom. The number of carbonyl (C=O) groups is 1. The van der Waals surface area contributed by atoms with Crippen LogP contribution < -0.4 is 10.6 Å². The Morgan fingerprint density at radius 3 is 2.70 bits per heavy atom. The maximum absolute atomic E-state index is 11.7. The summed E-state index contributed by atoms with van der Waals surface area (Å²) in [6, 6.07) is 10.1. The lowest BCUT2D eigenvalue weighted by molar-refractivity contribution is 0.0522. The minimum absolute atomic E-state index is 0.163. The third-order valence-corrected chi connectivity index (χ3v) is 3.43. The van der Waals surface area contributed by atoms with Crippen molar-refractivity contribution in [3.8, 4) is 0 Å². The molecule has 2 rings (SSSR count). The maximum atomic E-state index is 11.7. The Bertz CT molecular complexity index is 610. The summed E-state index contributed by atoms with van der Waals surface area (Å²) in [7, 11) is 0. The third kappa shape index (κ3) is 5.60. The fourth-order valence-electron chi connectivity index (χ4n) is 2.25. The first-order valence-electron chi connectivity index (χ1n) is 8.05. The smallest absolute Gasteiger partial charge is 0.407 e. The molecule has 0 fully saturated rings. The molecule has 0 bridgehead atoms. The summed E-state index contributed by atoms with van der Waals surface area (Å²) in [6.45, 7) is 8.78. The number of benzene rings is 1. The van der Waals surface area contributed by atoms with Gasteiger partial charge < -0.3 is 19.8 Å². The van der Waals surface area contributed by atoms with Gasteiger partial charge in [0.05, 0.1) is 6.54 Å². The number of fused-ring (bicyclic) bond motifs is 1. The number of rotatable bonds is 6. The van der Waals surface area contributed by atoms with Crippen molar-refractivity contribution in [1.82, 2.24) is 10.6 Å². The molecule has 5 heteroatoms. The lowest BCUT2D eigenvalue weighted by atomic mass is 10.2. The Labute approximate surface area is 137 Å². The van der Waals surface area contributed by atoms with Gasteiger partial charge in [-0.2, -0.15) is 0 Å². The van der Waals surface area contributed by atoms with E-state index < -0.39 is 5.60 Å². The first-order chi connectivity index (χ1) is 10.9. The number of hydrogen-bond acceptors (Lipinski definition) is 4. The fraction of sp³-hybridized carbons (Fsp3) is 0.500. The summed E-state index contributed by atoms with van der Waals surface area (Å²) >= 11 is 0. The number of alkyl carbamates (subject to hydrolysis) is 1. The van der Waals surface area contributed by atoms with Crippen LogP contribution in [0.5, 0.6) is 0 Å². The van der Waals surface area contributed by atoms with Crippen LogP contribution in [0.3, 0.4) is 0 Å². The molecule has 0 aliphatic rings. The summed E-state index contributed by atoms with van der Waals surface area (Å²) in [5, 5.41) is 7.30. The van der Waals surface area contributed by atoms with Gasteiger partial charge in [-0.3, -0.25) is 0 Å². The van der Waals surface area contributed by atoms with Crippen molar-refractivity contribution in [1.29, 1.82) is 0 Å². The van der Waals surface area contributed by atoms with Crippen LogP contribution in [-0.4, -0.2) is 24.3 Å². The predicted molar refractivity (Wildman–Crippen MR) is 91.4 cm³/mol. The maximum Gasteiger partial charge on any atom is 0.407 e. The number of ether oxygens (including phenoxy) is 1. The van der Waals surface area contributed by atoms with Crippen molar-refractivity contribution in [2.24, 2.45) is 0 Å². The number of hydrogen-bond donors (Lipinski definition) is 2. The van der Waals surface area contributed by atoms with E-state index in [1.54, 1.807) is 0 Å².